The molecule has 1 amide bonds. The van der Waals surface area contributed by atoms with Crippen molar-refractivity contribution in [1.29, 1.82) is 0 Å². The van der Waals surface area contributed by atoms with Crippen LogP contribution in [-0.4, -0.2) is 39.7 Å². The molecule has 0 fully saturated rings. The molecule has 2 heterocycles. The molecule has 3 rings (SSSR count). The number of thioether (sulfide) groups is 1. The Bertz CT molecular complexity index is 969. The number of rotatable bonds is 8. The van der Waals surface area contributed by atoms with Gasteiger partial charge in [-0.05, 0) is 59.3 Å². The minimum atomic E-state index is -0.200. The summed E-state index contributed by atoms with van der Waals surface area (Å²) in [7, 11) is 1.63. The number of amides is 1. The molecule has 0 saturated carbocycles. The molecule has 28 heavy (non-hydrogen) atoms. The summed E-state index contributed by atoms with van der Waals surface area (Å²) in [6, 6.07) is 11.5. The quantitative estimate of drug-likeness (QED) is 0.299. The van der Waals surface area contributed by atoms with E-state index in [1.807, 2.05) is 47.9 Å². The molecule has 146 valence electrons. The Hall–Kier alpha value is -2.17. The smallest absolute Gasteiger partial charge is 0.250 e. The first kappa shape index (κ1) is 20.6. The predicted molar refractivity (Wildman–Crippen MR) is 116 cm³/mol. The Morgan fingerprint density at radius 1 is 1.32 bits per heavy atom. The Labute approximate surface area is 179 Å². The molecule has 0 aliphatic heterocycles. The lowest BCUT2D eigenvalue weighted by Gasteiger charge is -2.07. The number of hydrogen-bond acceptors (Lipinski definition) is 7. The Morgan fingerprint density at radius 2 is 2.11 bits per heavy atom. The largest absolute Gasteiger partial charge is 0.497 e. The van der Waals surface area contributed by atoms with E-state index in [0.717, 1.165) is 25.8 Å². The highest BCUT2D eigenvalue weighted by atomic mass is 79.9. The zero-order valence-corrected chi connectivity index (χ0v) is 18.5. The molecular formula is C18H18BrN5O2S2. The molecule has 0 atom stereocenters. The fourth-order valence-electron chi connectivity index (χ4n) is 2.36. The van der Waals surface area contributed by atoms with E-state index < -0.39 is 0 Å². The third-order valence-electron chi connectivity index (χ3n) is 3.69. The maximum absolute atomic E-state index is 12.0. The van der Waals surface area contributed by atoms with Crippen LogP contribution in [0.5, 0.6) is 5.75 Å². The monoisotopic (exact) mass is 479 g/mol. The van der Waals surface area contributed by atoms with Gasteiger partial charge in [0, 0.05) is 17.0 Å². The SMILES string of the molecule is CCn1c(SCC(=O)NN=Cc2ccc(Br)s2)nnc1-c1ccc(OC)cc1. The van der Waals surface area contributed by atoms with E-state index in [-0.39, 0.29) is 11.7 Å². The number of carbonyl (C=O) groups excluding carboxylic acids is 1. The van der Waals surface area contributed by atoms with Crippen molar-refractivity contribution in [3.8, 4) is 17.1 Å². The molecule has 7 nitrogen and oxygen atoms in total. The van der Waals surface area contributed by atoms with E-state index in [9.17, 15) is 4.79 Å². The van der Waals surface area contributed by atoms with Gasteiger partial charge in [0.2, 0.25) is 0 Å². The fraction of sp³-hybridized carbons (Fsp3) is 0.222. The van der Waals surface area contributed by atoms with E-state index in [0.29, 0.717) is 11.7 Å². The highest BCUT2D eigenvalue weighted by Crippen LogP contribution is 2.25. The van der Waals surface area contributed by atoms with Crippen molar-refractivity contribution in [1.82, 2.24) is 20.2 Å². The summed E-state index contributed by atoms with van der Waals surface area (Å²) in [5, 5.41) is 13.2. The van der Waals surface area contributed by atoms with E-state index in [4.69, 9.17) is 4.74 Å². The number of hydrazone groups is 1. The molecule has 1 N–H and O–H groups in total. The Balaban J connectivity index is 1.60. The average Bonchev–Trinajstić information content (AvgIpc) is 3.32. The third-order valence-corrected chi connectivity index (χ3v) is 6.21. The van der Waals surface area contributed by atoms with Gasteiger partial charge in [-0.3, -0.25) is 4.79 Å². The molecule has 0 aliphatic rings. The number of halogens is 1. The number of nitrogens with one attached hydrogen (secondary N) is 1. The molecule has 0 aliphatic carbocycles. The Kier molecular flexibility index (Phi) is 7.24. The van der Waals surface area contributed by atoms with Crippen molar-refractivity contribution in [2.24, 2.45) is 5.10 Å². The highest BCUT2D eigenvalue weighted by molar-refractivity contribution is 9.11. The highest BCUT2D eigenvalue weighted by Gasteiger charge is 2.14. The molecule has 0 saturated heterocycles. The molecule has 0 unspecified atom stereocenters. The van der Waals surface area contributed by atoms with Gasteiger partial charge in [-0.2, -0.15) is 5.10 Å². The minimum absolute atomic E-state index is 0.200. The number of carbonyl (C=O) groups is 1. The van der Waals surface area contributed by atoms with Crippen LogP contribution in [0.2, 0.25) is 0 Å². The number of nitrogens with zero attached hydrogens (tertiary/aromatic N) is 4. The van der Waals surface area contributed by atoms with E-state index in [1.54, 1.807) is 13.3 Å². The summed E-state index contributed by atoms with van der Waals surface area (Å²) in [5.41, 5.74) is 3.47. The van der Waals surface area contributed by atoms with Gasteiger partial charge >= 0.3 is 0 Å². The first-order chi connectivity index (χ1) is 13.6. The van der Waals surface area contributed by atoms with Crippen LogP contribution in [0.4, 0.5) is 0 Å². The van der Waals surface area contributed by atoms with Crippen LogP contribution >= 0.6 is 39.0 Å². The average molecular weight is 480 g/mol. The second-order valence-corrected chi connectivity index (χ2v) is 8.94. The lowest BCUT2D eigenvalue weighted by atomic mass is 10.2. The number of aromatic nitrogens is 3. The van der Waals surface area contributed by atoms with Crippen LogP contribution in [0.15, 0.2) is 50.4 Å². The van der Waals surface area contributed by atoms with Gasteiger partial charge in [0.1, 0.15) is 5.75 Å². The van der Waals surface area contributed by atoms with E-state index in [2.05, 4.69) is 36.7 Å². The van der Waals surface area contributed by atoms with Crippen molar-refractivity contribution >= 4 is 51.2 Å². The molecule has 0 radical (unpaired) electrons. The maximum atomic E-state index is 12.0. The normalized spacial score (nSPS) is 11.1. The first-order valence-electron chi connectivity index (χ1n) is 8.38. The van der Waals surface area contributed by atoms with Gasteiger partial charge in [0.25, 0.3) is 5.91 Å². The van der Waals surface area contributed by atoms with Crippen molar-refractivity contribution in [3.63, 3.8) is 0 Å². The topological polar surface area (TPSA) is 81.4 Å². The van der Waals surface area contributed by atoms with Crippen LogP contribution in [-0.2, 0) is 11.3 Å². The van der Waals surface area contributed by atoms with Gasteiger partial charge in [-0.1, -0.05) is 11.8 Å². The number of ether oxygens (including phenoxy) is 1. The molecule has 3 aromatic rings. The number of thiophene rings is 1. The lowest BCUT2D eigenvalue weighted by Crippen LogP contribution is -2.19. The van der Waals surface area contributed by atoms with Crippen molar-refractivity contribution in [3.05, 3.63) is 45.1 Å². The van der Waals surface area contributed by atoms with Crippen LogP contribution in [0, 0.1) is 0 Å². The number of methoxy groups -OCH3 is 1. The zero-order valence-electron chi connectivity index (χ0n) is 15.3. The van der Waals surface area contributed by atoms with E-state index >= 15 is 0 Å². The maximum Gasteiger partial charge on any atom is 0.250 e. The van der Waals surface area contributed by atoms with Gasteiger partial charge in [-0.15, -0.1) is 21.5 Å². The van der Waals surface area contributed by atoms with Gasteiger partial charge in [-0.25, -0.2) is 5.43 Å². The van der Waals surface area contributed by atoms with Crippen molar-refractivity contribution < 1.29 is 9.53 Å². The minimum Gasteiger partial charge on any atom is -0.497 e. The summed E-state index contributed by atoms with van der Waals surface area (Å²) in [4.78, 5) is 13.0. The zero-order chi connectivity index (χ0) is 19.9. The summed E-state index contributed by atoms with van der Waals surface area (Å²) >= 11 is 6.25. The van der Waals surface area contributed by atoms with Gasteiger partial charge in [0.05, 0.1) is 22.9 Å². The molecule has 2 aromatic heterocycles. The lowest BCUT2D eigenvalue weighted by molar-refractivity contribution is -0.118. The molecule has 1 aromatic carbocycles. The third kappa shape index (κ3) is 5.21. The Morgan fingerprint density at radius 3 is 2.75 bits per heavy atom. The summed E-state index contributed by atoms with van der Waals surface area (Å²) < 4.78 is 8.18. The molecule has 10 heteroatoms. The second-order valence-electron chi connectivity index (χ2n) is 5.50. The molecular weight excluding hydrogens is 462 g/mol. The van der Waals surface area contributed by atoms with Crippen LogP contribution < -0.4 is 10.2 Å². The van der Waals surface area contributed by atoms with Gasteiger partial charge in [0.15, 0.2) is 11.0 Å². The van der Waals surface area contributed by atoms with Crippen LogP contribution in [0.25, 0.3) is 11.4 Å². The standard InChI is InChI=1S/C18H18BrN5O2S2/c1-3-24-17(12-4-6-13(26-2)7-5-12)22-23-18(24)27-11-16(25)21-20-10-14-8-9-15(19)28-14/h4-10H,3,11H2,1-2H3,(H,21,25). The van der Waals surface area contributed by atoms with Crippen molar-refractivity contribution in [2.45, 2.75) is 18.6 Å². The van der Waals surface area contributed by atoms with E-state index in [1.165, 1.54) is 23.1 Å². The summed E-state index contributed by atoms with van der Waals surface area (Å²) in [6.07, 6.45) is 1.62. The van der Waals surface area contributed by atoms with Crippen LogP contribution in [0.3, 0.4) is 0 Å². The molecule has 0 bridgehead atoms. The van der Waals surface area contributed by atoms with Gasteiger partial charge < -0.3 is 9.30 Å². The summed E-state index contributed by atoms with van der Waals surface area (Å²) in [6.45, 7) is 2.72. The number of hydrogen-bond donors (Lipinski definition) is 1. The first-order valence-corrected chi connectivity index (χ1v) is 11.0. The predicted octanol–water partition coefficient (Wildman–Crippen LogP) is 4.04. The molecule has 0 spiro atoms. The number of benzene rings is 1. The van der Waals surface area contributed by atoms with Crippen LogP contribution in [0.1, 0.15) is 11.8 Å². The second kappa shape index (κ2) is 9.85. The van der Waals surface area contributed by atoms with Crippen molar-refractivity contribution in [2.75, 3.05) is 12.9 Å². The fourth-order valence-corrected chi connectivity index (χ4v) is 4.45. The summed E-state index contributed by atoms with van der Waals surface area (Å²) in [5.74, 6) is 1.54.